The van der Waals surface area contributed by atoms with Crippen molar-refractivity contribution in [2.75, 3.05) is 7.11 Å². The van der Waals surface area contributed by atoms with Crippen molar-refractivity contribution < 1.29 is 4.74 Å². The Morgan fingerprint density at radius 3 is 2.89 bits per heavy atom. The monoisotopic (exact) mass is 322 g/mol. The summed E-state index contributed by atoms with van der Waals surface area (Å²) in [6, 6.07) is 11.9. The second-order valence-electron chi connectivity index (χ2n) is 3.74. The molecule has 2 heterocycles. The summed E-state index contributed by atoms with van der Waals surface area (Å²) in [5, 5.41) is 1.12. The fraction of sp³-hybridized carbons (Fsp3) is 0.0769. The number of fused-ring (bicyclic) bond motifs is 1. The summed E-state index contributed by atoms with van der Waals surface area (Å²) < 4.78 is 9.45. The molecule has 0 saturated heterocycles. The van der Waals surface area contributed by atoms with E-state index < -0.39 is 0 Å². The van der Waals surface area contributed by atoms with Crippen LogP contribution in [0.15, 0.2) is 42.6 Å². The van der Waals surface area contributed by atoms with E-state index in [0.29, 0.717) is 0 Å². The van der Waals surface area contributed by atoms with E-state index in [9.17, 15) is 0 Å². The van der Waals surface area contributed by atoms with Gasteiger partial charge in [-0.3, -0.25) is 0 Å². The van der Waals surface area contributed by atoms with Crippen LogP contribution >= 0.6 is 12.2 Å². The summed E-state index contributed by atoms with van der Waals surface area (Å²) >= 11 is 5.65. The van der Waals surface area contributed by atoms with Gasteiger partial charge in [0.1, 0.15) is 0 Å². The van der Waals surface area contributed by atoms with Crippen molar-refractivity contribution in [3.63, 3.8) is 0 Å². The number of hydrogen-bond acceptors (Lipinski definition) is 3. The Balaban J connectivity index is 2.26. The average molecular weight is 321 g/mol. The van der Waals surface area contributed by atoms with Crippen molar-refractivity contribution in [3.8, 4) is 11.6 Å². The number of pyridine rings is 1. The predicted octanol–water partition coefficient (Wildman–Crippen LogP) is 2.82. The van der Waals surface area contributed by atoms with Gasteiger partial charge in [0.25, 0.3) is 0 Å². The van der Waals surface area contributed by atoms with Crippen LogP contribution in [0.1, 0.15) is 0 Å². The topological polar surface area (TPSA) is 27.1 Å². The maximum atomic E-state index is 5.52. The number of ether oxygens (including phenoxy) is 1. The van der Waals surface area contributed by atoms with Crippen LogP contribution in [0, 0.1) is 4.64 Å². The van der Waals surface area contributed by atoms with E-state index in [1.54, 1.807) is 13.3 Å². The van der Waals surface area contributed by atoms with Crippen molar-refractivity contribution in [1.29, 1.82) is 0 Å². The van der Waals surface area contributed by atoms with Gasteiger partial charge in [0.15, 0.2) is 0 Å². The van der Waals surface area contributed by atoms with Crippen LogP contribution in [0.5, 0.6) is 5.75 Å². The molecule has 5 heteroatoms. The Kier molecular flexibility index (Phi) is 3.04. The van der Waals surface area contributed by atoms with E-state index in [-0.39, 0.29) is 14.7 Å². The van der Waals surface area contributed by atoms with Gasteiger partial charge in [0.2, 0.25) is 0 Å². The van der Waals surface area contributed by atoms with E-state index in [1.165, 1.54) is 4.26 Å². The molecule has 0 aliphatic rings. The summed E-state index contributed by atoms with van der Waals surface area (Å²) in [5.74, 6) is 1.79. The molecule has 1 aromatic carbocycles. The summed E-state index contributed by atoms with van der Waals surface area (Å²) in [6.07, 6.45) is 1.79. The van der Waals surface area contributed by atoms with E-state index in [1.807, 2.05) is 30.3 Å². The van der Waals surface area contributed by atoms with Crippen LogP contribution in [-0.4, -0.2) is 30.4 Å². The van der Waals surface area contributed by atoms with Gasteiger partial charge < -0.3 is 0 Å². The van der Waals surface area contributed by atoms with Crippen LogP contribution < -0.4 is 4.74 Å². The molecular formula is C13H10N2OSSe. The average Bonchev–Trinajstić information content (AvgIpc) is 2.76. The first kappa shape index (κ1) is 11.7. The van der Waals surface area contributed by atoms with Crippen LogP contribution in [0.3, 0.4) is 0 Å². The summed E-state index contributed by atoms with van der Waals surface area (Å²) in [4.78, 5) is 4.36. The Labute approximate surface area is 116 Å². The van der Waals surface area contributed by atoms with Crippen LogP contribution in [-0.2, 0) is 0 Å². The fourth-order valence-electron chi connectivity index (χ4n) is 1.76. The fourth-order valence-corrected chi connectivity index (χ4v) is 4.49. The Hall–Kier alpha value is -1.42. The summed E-state index contributed by atoms with van der Waals surface area (Å²) in [7, 11) is 1.68. The standard InChI is InChI=1S/C13H10N2OSSe/c1-16-9-5-6-10-11(8-9)18-15(13(10)17)12-4-2-3-7-14-12/h2-8H,1H3. The van der Waals surface area contributed by atoms with Gasteiger partial charge in [0, 0.05) is 0 Å². The molecule has 90 valence electrons. The number of methoxy groups -OCH3 is 1. The molecule has 3 rings (SSSR count). The van der Waals surface area contributed by atoms with Crippen LogP contribution in [0.25, 0.3) is 15.5 Å². The van der Waals surface area contributed by atoms with Gasteiger partial charge in [-0.25, -0.2) is 0 Å². The van der Waals surface area contributed by atoms with Gasteiger partial charge in [-0.1, -0.05) is 0 Å². The molecule has 0 amide bonds. The molecule has 0 N–H and O–H groups in total. The number of aromatic nitrogens is 2. The molecule has 18 heavy (non-hydrogen) atoms. The molecule has 3 nitrogen and oxygen atoms in total. The third-order valence-electron chi connectivity index (χ3n) is 2.65. The van der Waals surface area contributed by atoms with Crippen molar-refractivity contribution in [2.45, 2.75) is 0 Å². The summed E-state index contributed by atoms with van der Waals surface area (Å²) in [5.41, 5.74) is 0. The number of rotatable bonds is 2. The maximum absolute atomic E-state index is 5.52. The molecule has 0 fully saturated rings. The van der Waals surface area contributed by atoms with Crippen LogP contribution in [0.2, 0.25) is 0 Å². The van der Waals surface area contributed by atoms with Gasteiger partial charge in [-0.2, -0.15) is 0 Å². The van der Waals surface area contributed by atoms with E-state index in [4.69, 9.17) is 17.0 Å². The zero-order valence-electron chi connectivity index (χ0n) is 9.66. The van der Waals surface area contributed by atoms with E-state index in [0.717, 1.165) is 21.6 Å². The van der Waals surface area contributed by atoms with Crippen molar-refractivity contribution in [2.24, 2.45) is 0 Å². The Bertz CT molecular complexity index is 749. The molecule has 0 saturated carbocycles. The van der Waals surface area contributed by atoms with Crippen molar-refractivity contribution in [1.82, 2.24) is 8.55 Å². The van der Waals surface area contributed by atoms with Gasteiger partial charge in [0.05, 0.1) is 0 Å². The molecule has 0 atom stereocenters. The minimum absolute atomic E-state index is 0.134. The Morgan fingerprint density at radius 2 is 2.17 bits per heavy atom. The second kappa shape index (κ2) is 4.69. The molecular weight excluding hydrogens is 311 g/mol. The predicted molar refractivity (Wildman–Crippen MR) is 75.4 cm³/mol. The first-order chi connectivity index (χ1) is 8.79. The molecule has 0 spiro atoms. The quantitative estimate of drug-likeness (QED) is 0.536. The first-order valence-electron chi connectivity index (χ1n) is 5.41. The van der Waals surface area contributed by atoms with Crippen molar-refractivity contribution in [3.05, 3.63) is 47.2 Å². The zero-order chi connectivity index (χ0) is 12.5. The minimum atomic E-state index is 0.134. The van der Waals surface area contributed by atoms with Crippen molar-refractivity contribution >= 4 is 36.6 Å². The van der Waals surface area contributed by atoms with Gasteiger partial charge in [-0.05, 0) is 0 Å². The van der Waals surface area contributed by atoms with Crippen LogP contribution in [0.4, 0.5) is 0 Å². The zero-order valence-corrected chi connectivity index (χ0v) is 12.2. The Morgan fingerprint density at radius 1 is 1.28 bits per heavy atom. The molecule has 0 aliphatic heterocycles. The molecule has 0 bridgehead atoms. The van der Waals surface area contributed by atoms with E-state index >= 15 is 0 Å². The molecule has 0 aliphatic carbocycles. The van der Waals surface area contributed by atoms with E-state index in [2.05, 4.69) is 14.6 Å². The second-order valence-corrected chi connectivity index (χ2v) is 6.20. The normalized spacial score (nSPS) is 10.7. The number of nitrogens with zero attached hydrogens (tertiary/aromatic N) is 2. The SMILES string of the molecule is COc1ccc2c(=S)n(-c3ccccn3)[se]c2c1. The summed E-state index contributed by atoms with van der Waals surface area (Å²) in [6.45, 7) is 0. The molecule has 0 radical (unpaired) electrons. The first-order valence-corrected chi connectivity index (χ1v) is 7.44. The number of benzene rings is 1. The third kappa shape index (κ3) is 1.90. The number of hydrogen-bond donors (Lipinski definition) is 0. The van der Waals surface area contributed by atoms with Gasteiger partial charge in [-0.15, -0.1) is 0 Å². The van der Waals surface area contributed by atoms with Gasteiger partial charge >= 0.3 is 116 Å². The molecule has 3 aromatic rings. The third-order valence-corrected chi connectivity index (χ3v) is 5.59. The molecule has 2 aromatic heterocycles. The molecule has 0 unspecified atom stereocenters.